The van der Waals surface area contributed by atoms with E-state index in [0.717, 1.165) is 0 Å². The van der Waals surface area contributed by atoms with Crippen LogP contribution in [-0.2, 0) is 23.2 Å². The number of nitrogens with one attached hydrogen (secondary N) is 1. The second kappa shape index (κ2) is 6.17. The van der Waals surface area contributed by atoms with Gasteiger partial charge in [-0.3, -0.25) is 0 Å². The van der Waals surface area contributed by atoms with Gasteiger partial charge in [-0.15, -0.1) is 0 Å². The van der Waals surface area contributed by atoms with Gasteiger partial charge in [-0.25, -0.2) is 13.6 Å². The highest BCUT2D eigenvalue weighted by Gasteiger charge is 2.12. The molecule has 114 valence electrons. The highest BCUT2D eigenvalue weighted by atomic mass is 32.2. The number of sulfonamides is 1. The molecule has 0 fully saturated rings. The second-order valence-corrected chi connectivity index (χ2v) is 5.85. The summed E-state index contributed by atoms with van der Waals surface area (Å²) in [6.07, 6.45) is 0. The molecule has 0 bridgehead atoms. The van der Waals surface area contributed by atoms with Crippen molar-refractivity contribution in [1.82, 2.24) is 0 Å². The van der Waals surface area contributed by atoms with Gasteiger partial charge in [0.15, 0.2) is 0 Å². The summed E-state index contributed by atoms with van der Waals surface area (Å²) >= 11 is 0. The zero-order valence-electron chi connectivity index (χ0n) is 11.4. The van der Waals surface area contributed by atoms with Crippen molar-refractivity contribution in [3.63, 3.8) is 0 Å². The highest BCUT2D eigenvalue weighted by Crippen LogP contribution is 2.27. The number of nitrogens with two attached hydrogens (primary N) is 1. The Bertz CT molecular complexity index is 724. The third-order valence-corrected chi connectivity index (χ3v) is 3.74. The third-order valence-electron chi connectivity index (χ3n) is 2.83. The van der Waals surface area contributed by atoms with Gasteiger partial charge in [0.2, 0.25) is 10.0 Å². The van der Waals surface area contributed by atoms with E-state index in [1.807, 2.05) is 0 Å². The number of anilines is 1. The SMILES string of the molecule is COc1ccc(S(N)(=O)=O)cc1NCc1ccc(CO)o1. The van der Waals surface area contributed by atoms with E-state index >= 15 is 0 Å². The molecular formula is C13H16N2O5S. The summed E-state index contributed by atoms with van der Waals surface area (Å²) < 4.78 is 33.2. The summed E-state index contributed by atoms with van der Waals surface area (Å²) in [6.45, 7) is 0.134. The van der Waals surface area contributed by atoms with Gasteiger partial charge in [-0.05, 0) is 30.3 Å². The molecule has 0 unspecified atom stereocenters. The van der Waals surface area contributed by atoms with Crippen LogP contribution in [0.3, 0.4) is 0 Å². The van der Waals surface area contributed by atoms with E-state index in [0.29, 0.717) is 29.5 Å². The van der Waals surface area contributed by atoms with Gasteiger partial charge in [0.25, 0.3) is 0 Å². The molecule has 8 heteroatoms. The number of rotatable bonds is 6. The van der Waals surface area contributed by atoms with Crippen molar-refractivity contribution >= 4 is 15.7 Å². The topological polar surface area (TPSA) is 115 Å². The first-order valence-electron chi connectivity index (χ1n) is 6.07. The zero-order chi connectivity index (χ0) is 15.5. The van der Waals surface area contributed by atoms with Crippen LogP contribution in [-0.4, -0.2) is 20.6 Å². The number of furan rings is 1. The normalized spacial score (nSPS) is 11.4. The minimum atomic E-state index is -3.79. The average Bonchev–Trinajstić information content (AvgIpc) is 2.91. The molecule has 1 heterocycles. The van der Waals surface area contributed by atoms with Crippen molar-refractivity contribution < 1.29 is 22.7 Å². The molecule has 0 radical (unpaired) electrons. The van der Waals surface area contributed by atoms with Crippen LogP contribution in [0.1, 0.15) is 11.5 Å². The molecule has 1 aromatic carbocycles. The molecule has 1 aromatic heterocycles. The van der Waals surface area contributed by atoms with Gasteiger partial charge in [0.05, 0.1) is 24.2 Å². The van der Waals surface area contributed by atoms with E-state index in [1.165, 1.54) is 25.3 Å². The molecule has 0 aliphatic rings. The van der Waals surface area contributed by atoms with Gasteiger partial charge < -0.3 is 19.6 Å². The Morgan fingerprint density at radius 2 is 2.00 bits per heavy atom. The Balaban J connectivity index is 2.21. The maximum atomic E-state index is 11.4. The van der Waals surface area contributed by atoms with Gasteiger partial charge in [-0.2, -0.15) is 0 Å². The molecule has 4 N–H and O–H groups in total. The van der Waals surface area contributed by atoms with Crippen LogP contribution in [0.25, 0.3) is 0 Å². The fourth-order valence-corrected chi connectivity index (χ4v) is 2.33. The van der Waals surface area contributed by atoms with E-state index in [1.54, 1.807) is 12.1 Å². The molecule has 0 saturated heterocycles. The zero-order valence-corrected chi connectivity index (χ0v) is 12.2. The first kappa shape index (κ1) is 15.4. The summed E-state index contributed by atoms with van der Waals surface area (Å²) in [5.74, 6) is 1.54. The van der Waals surface area contributed by atoms with Crippen LogP contribution in [0, 0.1) is 0 Å². The van der Waals surface area contributed by atoms with E-state index in [9.17, 15) is 8.42 Å². The lowest BCUT2D eigenvalue weighted by Crippen LogP contribution is -2.12. The van der Waals surface area contributed by atoms with Crippen LogP contribution in [0.5, 0.6) is 5.75 Å². The molecule has 0 aliphatic heterocycles. The predicted octanol–water partition coefficient (Wildman–Crippen LogP) is 1.04. The molecule has 0 atom stereocenters. The largest absolute Gasteiger partial charge is 0.495 e. The standard InChI is InChI=1S/C13H16N2O5S/c1-19-13-5-4-11(21(14,17)18)6-12(13)15-7-9-2-3-10(8-16)20-9/h2-6,15-16H,7-8H2,1H3,(H2,14,17,18). The molecular weight excluding hydrogens is 296 g/mol. The minimum absolute atomic E-state index is 0.0127. The van der Waals surface area contributed by atoms with Crippen molar-refractivity contribution in [2.24, 2.45) is 5.14 Å². The number of ether oxygens (including phenoxy) is 1. The molecule has 0 aliphatic carbocycles. The van der Waals surface area contributed by atoms with Crippen molar-refractivity contribution in [2.75, 3.05) is 12.4 Å². The third kappa shape index (κ3) is 3.75. The Labute approximate surface area is 122 Å². The monoisotopic (exact) mass is 312 g/mol. The lowest BCUT2D eigenvalue weighted by Gasteiger charge is -2.11. The lowest BCUT2D eigenvalue weighted by atomic mass is 10.3. The van der Waals surface area contributed by atoms with Crippen LogP contribution in [0.2, 0.25) is 0 Å². The second-order valence-electron chi connectivity index (χ2n) is 4.29. The summed E-state index contributed by atoms with van der Waals surface area (Å²) in [4.78, 5) is -0.0127. The Hall–Kier alpha value is -2.03. The number of aliphatic hydroxyl groups excluding tert-OH is 1. The molecule has 21 heavy (non-hydrogen) atoms. The van der Waals surface area contributed by atoms with Crippen molar-refractivity contribution in [1.29, 1.82) is 0 Å². The number of aliphatic hydroxyl groups is 1. The number of benzene rings is 1. The van der Waals surface area contributed by atoms with Gasteiger partial charge >= 0.3 is 0 Å². The van der Waals surface area contributed by atoms with Crippen LogP contribution < -0.4 is 15.2 Å². The summed E-state index contributed by atoms with van der Waals surface area (Å²) in [6, 6.07) is 7.66. The molecule has 2 aromatic rings. The molecule has 7 nitrogen and oxygen atoms in total. The van der Waals surface area contributed by atoms with Gasteiger partial charge in [0, 0.05) is 0 Å². The van der Waals surface area contributed by atoms with E-state index in [4.69, 9.17) is 19.4 Å². The smallest absolute Gasteiger partial charge is 0.238 e. The summed E-state index contributed by atoms with van der Waals surface area (Å²) in [7, 11) is -2.31. The van der Waals surface area contributed by atoms with Crippen molar-refractivity contribution in [3.8, 4) is 5.75 Å². The van der Waals surface area contributed by atoms with E-state index in [-0.39, 0.29) is 11.5 Å². The average molecular weight is 312 g/mol. The van der Waals surface area contributed by atoms with Crippen LogP contribution in [0.4, 0.5) is 5.69 Å². The van der Waals surface area contributed by atoms with Crippen LogP contribution in [0.15, 0.2) is 39.6 Å². The Kier molecular flexibility index (Phi) is 4.51. The van der Waals surface area contributed by atoms with Crippen molar-refractivity contribution in [2.45, 2.75) is 18.0 Å². The summed E-state index contributed by atoms with van der Waals surface area (Å²) in [5.41, 5.74) is 0.478. The van der Waals surface area contributed by atoms with Crippen LogP contribution >= 0.6 is 0 Å². The number of primary sulfonamides is 1. The molecule has 0 amide bonds. The fourth-order valence-electron chi connectivity index (χ4n) is 1.79. The molecule has 0 saturated carbocycles. The van der Waals surface area contributed by atoms with E-state index in [2.05, 4.69) is 5.32 Å². The lowest BCUT2D eigenvalue weighted by molar-refractivity contribution is 0.244. The predicted molar refractivity (Wildman–Crippen MR) is 76.3 cm³/mol. The van der Waals surface area contributed by atoms with Gasteiger partial charge in [-0.1, -0.05) is 0 Å². The maximum absolute atomic E-state index is 11.4. The van der Waals surface area contributed by atoms with Gasteiger partial charge in [0.1, 0.15) is 23.9 Å². The quantitative estimate of drug-likeness (QED) is 0.734. The first-order valence-corrected chi connectivity index (χ1v) is 7.62. The van der Waals surface area contributed by atoms with E-state index < -0.39 is 10.0 Å². The number of hydrogen-bond acceptors (Lipinski definition) is 6. The fraction of sp³-hybridized carbons (Fsp3) is 0.231. The Morgan fingerprint density at radius 3 is 2.57 bits per heavy atom. The van der Waals surface area contributed by atoms with Crippen molar-refractivity contribution in [3.05, 3.63) is 41.9 Å². The summed E-state index contributed by atoms with van der Waals surface area (Å²) in [5, 5.41) is 17.0. The first-order chi connectivity index (χ1) is 9.94. The number of hydrogen-bond donors (Lipinski definition) is 3. The molecule has 0 spiro atoms. The maximum Gasteiger partial charge on any atom is 0.238 e. The Morgan fingerprint density at radius 1 is 1.29 bits per heavy atom. The molecule has 2 rings (SSSR count). The minimum Gasteiger partial charge on any atom is -0.495 e. The number of methoxy groups -OCH3 is 1. The highest BCUT2D eigenvalue weighted by molar-refractivity contribution is 7.89.